The summed E-state index contributed by atoms with van der Waals surface area (Å²) < 4.78 is 35.6. The summed E-state index contributed by atoms with van der Waals surface area (Å²) in [5.41, 5.74) is 6.75. The standard InChI is InChI=1S/C28H28N2O3S3/c31-36(32,33)17-7-16-29-23-11-1-3-13-25(23)34-27(29)19-20-8-5-9-21(18-20)22-10-6-15-30-24-12-2-4-14-26(24)35-28(22)30/h1-4,11-14,18-19H,5-10,15-17H2/p+1. The Hall–Kier alpha value is -2.39. The molecule has 0 unspecified atom stereocenters. The molecule has 0 radical (unpaired) electrons. The van der Waals surface area contributed by atoms with Gasteiger partial charge in [-0.15, -0.1) is 0 Å². The fraction of sp³-hybridized carbons (Fsp3) is 0.321. The molecule has 0 saturated heterocycles. The number of aryl methyl sites for hydroxylation is 1. The molecule has 0 spiro atoms. The van der Waals surface area contributed by atoms with Crippen molar-refractivity contribution in [2.75, 3.05) is 17.2 Å². The van der Waals surface area contributed by atoms with Crippen LogP contribution in [0.4, 0.5) is 5.69 Å². The van der Waals surface area contributed by atoms with Gasteiger partial charge in [0, 0.05) is 29.5 Å². The van der Waals surface area contributed by atoms with Crippen molar-refractivity contribution in [1.82, 2.24) is 0 Å². The number of nitrogens with zero attached hydrogens (tertiary/aromatic N) is 2. The van der Waals surface area contributed by atoms with Crippen LogP contribution in [-0.4, -0.2) is 25.3 Å². The number of aromatic nitrogens is 1. The fourth-order valence-corrected chi connectivity index (χ4v) is 8.41. The predicted molar refractivity (Wildman–Crippen MR) is 149 cm³/mol. The van der Waals surface area contributed by atoms with Crippen LogP contribution in [0.15, 0.2) is 81.8 Å². The molecule has 1 N–H and O–H groups in total. The van der Waals surface area contributed by atoms with Gasteiger partial charge in [0.05, 0.1) is 16.5 Å². The van der Waals surface area contributed by atoms with Crippen molar-refractivity contribution in [1.29, 1.82) is 0 Å². The summed E-state index contributed by atoms with van der Waals surface area (Å²) in [7, 11) is -3.96. The van der Waals surface area contributed by atoms with Crippen molar-refractivity contribution in [2.24, 2.45) is 0 Å². The molecule has 2 aromatic carbocycles. The number of para-hydroxylation sites is 2. The maximum Gasteiger partial charge on any atom is 0.266 e. The third-order valence-electron chi connectivity index (χ3n) is 7.06. The second kappa shape index (κ2) is 9.82. The second-order valence-electron chi connectivity index (χ2n) is 9.55. The minimum atomic E-state index is -3.96. The van der Waals surface area contributed by atoms with Gasteiger partial charge < -0.3 is 4.90 Å². The molecule has 8 heteroatoms. The van der Waals surface area contributed by atoms with Gasteiger partial charge in [-0.1, -0.05) is 53.4 Å². The zero-order valence-electron chi connectivity index (χ0n) is 20.0. The molecule has 1 aromatic heterocycles. The van der Waals surface area contributed by atoms with Gasteiger partial charge in [-0.2, -0.15) is 13.0 Å². The quantitative estimate of drug-likeness (QED) is 0.294. The first-order valence-electron chi connectivity index (χ1n) is 12.5. The minimum absolute atomic E-state index is 0.224. The number of hydrogen-bond donors (Lipinski definition) is 1. The highest BCUT2D eigenvalue weighted by atomic mass is 32.2. The van der Waals surface area contributed by atoms with Crippen LogP contribution in [0.5, 0.6) is 0 Å². The van der Waals surface area contributed by atoms with Crippen LogP contribution in [0.1, 0.15) is 43.5 Å². The molecular weight excluding hydrogens is 509 g/mol. The lowest BCUT2D eigenvalue weighted by molar-refractivity contribution is -0.672. The van der Waals surface area contributed by atoms with Gasteiger partial charge in [0.2, 0.25) is 5.52 Å². The van der Waals surface area contributed by atoms with E-state index in [1.807, 2.05) is 23.5 Å². The van der Waals surface area contributed by atoms with Crippen molar-refractivity contribution in [3.05, 3.63) is 81.9 Å². The van der Waals surface area contributed by atoms with E-state index in [-0.39, 0.29) is 5.75 Å². The molecule has 6 rings (SSSR count). The monoisotopic (exact) mass is 537 g/mol. The zero-order valence-corrected chi connectivity index (χ0v) is 22.5. The Balaban J connectivity index is 1.34. The number of rotatable bonds is 5. The van der Waals surface area contributed by atoms with Gasteiger partial charge in [-0.25, -0.2) is 0 Å². The van der Waals surface area contributed by atoms with Crippen molar-refractivity contribution in [3.8, 4) is 0 Å². The molecule has 0 atom stereocenters. The van der Waals surface area contributed by atoms with Crippen LogP contribution in [0.3, 0.4) is 0 Å². The first-order chi connectivity index (χ1) is 17.5. The third kappa shape index (κ3) is 4.79. The molecule has 3 aromatic rings. The molecule has 3 heterocycles. The number of hydrogen-bond acceptors (Lipinski definition) is 5. The minimum Gasteiger partial charge on any atom is -0.335 e. The lowest BCUT2D eigenvalue weighted by Gasteiger charge is -2.22. The number of thioether (sulfide) groups is 1. The predicted octanol–water partition coefficient (Wildman–Crippen LogP) is 6.58. The summed E-state index contributed by atoms with van der Waals surface area (Å²) in [6.45, 7) is 1.64. The van der Waals surface area contributed by atoms with Gasteiger partial charge in [-0.05, 0) is 67.5 Å². The van der Waals surface area contributed by atoms with E-state index in [1.165, 1.54) is 43.3 Å². The summed E-state index contributed by atoms with van der Waals surface area (Å²) >= 11 is 3.66. The Morgan fingerprint density at radius 3 is 2.75 bits per heavy atom. The summed E-state index contributed by atoms with van der Waals surface area (Å²) in [4.78, 5) is 3.39. The molecule has 3 aliphatic rings. The van der Waals surface area contributed by atoms with E-state index in [9.17, 15) is 13.0 Å². The fourth-order valence-electron chi connectivity index (χ4n) is 5.46. The normalized spacial score (nSPS) is 21.1. The lowest BCUT2D eigenvalue weighted by atomic mass is 9.89. The topological polar surface area (TPSA) is 61.5 Å². The van der Waals surface area contributed by atoms with Crippen LogP contribution in [0.25, 0.3) is 15.8 Å². The van der Waals surface area contributed by atoms with Crippen LogP contribution in [0.2, 0.25) is 0 Å². The van der Waals surface area contributed by atoms with Gasteiger partial charge in [0.25, 0.3) is 15.1 Å². The molecule has 2 aliphatic heterocycles. The van der Waals surface area contributed by atoms with E-state index < -0.39 is 10.1 Å². The molecule has 0 bridgehead atoms. The van der Waals surface area contributed by atoms with E-state index in [4.69, 9.17) is 0 Å². The first-order valence-corrected chi connectivity index (χ1v) is 15.8. The van der Waals surface area contributed by atoms with Gasteiger partial charge in [0.15, 0.2) is 6.54 Å². The van der Waals surface area contributed by atoms with E-state index in [1.54, 1.807) is 11.8 Å². The molecule has 5 nitrogen and oxygen atoms in total. The van der Waals surface area contributed by atoms with Gasteiger partial charge in [0.1, 0.15) is 4.70 Å². The lowest BCUT2D eigenvalue weighted by Crippen LogP contribution is -2.39. The van der Waals surface area contributed by atoms with E-state index >= 15 is 0 Å². The highest BCUT2D eigenvalue weighted by Crippen LogP contribution is 2.47. The summed E-state index contributed by atoms with van der Waals surface area (Å²) in [5.74, 6) is -0.224. The molecule has 0 saturated carbocycles. The molecule has 186 valence electrons. The van der Waals surface area contributed by atoms with Gasteiger partial charge in [-0.3, -0.25) is 4.55 Å². The van der Waals surface area contributed by atoms with E-state index in [2.05, 4.69) is 58.0 Å². The summed E-state index contributed by atoms with van der Waals surface area (Å²) in [6.07, 6.45) is 10.7. The molecule has 0 amide bonds. The van der Waals surface area contributed by atoms with Crippen LogP contribution >= 0.6 is 23.1 Å². The van der Waals surface area contributed by atoms with Gasteiger partial charge >= 0.3 is 0 Å². The largest absolute Gasteiger partial charge is 0.335 e. The van der Waals surface area contributed by atoms with Crippen LogP contribution in [-0.2, 0) is 16.7 Å². The SMILES string of the molecule is O=S(=O)(O)CCCN1/C(=C/C2=CC(=C3\CCC[n+]4c3sc3ccccc34)/CCC2)Sc2ccccc21. The molecule has 1 aliphatic carbocycles. The van der Waals surface area contributed by atoms with Crippen molar-refractivity contribution < 1.29 is 17.5 Å². The highest BCUT2D eigenvalue weighted by Gasteiger charge is 2.30. The molecule has 36 heavy (non-hydrogen) atoms. The number of fused-ring (bicyclic) bond motifs is 4. The van der Waals surface area contributed by atoms with Crippen LogP contribution in [0, 0.1) is 0 Å². The number of benzene rings is 2. The number of thiazole rings is 1. The Morgan fingerprint density at radius 1 is 1.03 bits per heavy atom. The molecular formula is C28H29N2O3S3+. The number of anilines is 1. The second-order valence-corrected chi connectivity index (χ2v) is 13.2. The smallest absolute Gasteiger partial charge is 0.266 e. The van der Waals surface area contributed by atoms with Crippen molar-refractivity contribution >= 4 is 54.7 Å². The third-order valence-corrected chi connectivity index (χ3v) is 10.2. The Morgan fingerprint density at radius 2 is 1.86 bits per heavy atom. The Labute approximate surface area is 220 Å². The van der Waals surface area contributed by atoms with Crippen molar-refractivity contribution in [3.63, 3.8) is 0 Å². The number of allylic oxidation sites excluding steroid dienone is 5. The Bertz CT molecular complexity index is 1530. The average molecular weight is 538 g/mol. The summed E-state index contributed by atoms with van der Waals surface area (Å²) in [6, 6.07) is 17.0. The van der Waals surface area contributed by atoms with Crippen LogP contribution < -0.4 is 9.47 Å². The maximum atomic E-state index is 11.3. The van der Waals surface area contributed by atoms with E-state index in [0.717, 1.165) is 42.9 Å². The Kier molecular flexibility index (Phi) is 6.54. The van der Waals surface area contributed by atoms with E-state index in [0.29, 0.717) is 13.0 Å². The molecule has 0 fully saturated rings. The average Bonchev–Trinajstić information content (AvgIpc) is 3.41. The first kappa shape index (κ1) is 24.0. The highest BCUT2D eigenvalue weighted by molar-refractivity contribution is 8.03. The maximum absolute atomic E-state index is 11.3. The zero-order chi connectivity index (χ0) is 24.7. The summed E-state index contributed by atoms with van der Waals surface area (Å²) in [5, 5.41) is 2.54. The van der Waals surface area contributed by atoms with Crippen molar-refractivity contribution in [2.45, 2.75) is 50.0 Å².